The number of methoxy groups -OCH3 is 1. The van der Waals surface area contributed by atoms with Crippen molar-refractivity contribution in [3.05, 3.63) is 42.0 Å². The van der Waals surface area contributed by atoms with Crippen molar-refractivity contribution in [2.45, 2.75) is 43.5 Å². The molecule has 1 atom stereocenters. The quantitative estimate of drug-likeness (QED) is 0.806. The Morgan fingerprint density at radius 1 is 1.04 bits per heavy atom. The largest absolute Gasteiger partial charge is 0.497 e. The van der Waals surface area contributed by atoms with Crippen molar-refractivity contribution in [2.24, 2.45) is 0 Å². The molecule has 0 radical (unpaired) electrons. The molecule has 4 rings (SSSR count). The van der Waals surface area contributed by atoms with E-state index in [1.165, 1.54) is 35.6 Å². The highest BCUT2D eigenvalue weighted by Gasteiger charge is 2.38. The minimum atomic E-state index is 0.173. The smallest absolute Gasteiger partial charge is 0.234 e. The third kappa shape index (κ3) is 2.88. The molecular weight excluding hydrogens is 318 g/mol. The van der Waals surface area contributed by atoms with Crippen LogP contribution in [0.4, 0.5) is 0 Å². The number of ether oxygens (including phenoxy) is 1. The van der Waals surface area contributed by atoms with Gasteiger partial charge in [0, 0.05) is 6.04 Å². The fourth-order valence-corrected chi connectivity index (χ4v) is 5.21. The summed E-state index contributed by atoms with van der Waals surface area (Å²) in [7, 11) is 1.69. The van der Waals surface area contributed by atoms with Crippen LogP contribution in [0, 0.1) is 0 Å². The van der Waals surface area contributed by atoms with Gasteiger partial charge in [-0.05, 0) is 47.4 Å². The minimum absolute atomic E-state index is 0.173. The number of amides is 1. The molecule has 2 aromatic carbocycles. The molecule has 0 N–H and O–H groups in total. The molecular formula is C20H23NO2S. The van der Waals surface area contributed by atoms with E-state index in [1.807, 2.05) is 6.07 Å². The molecule has 126 valence electrons. The Morgan fingerprint density at radius 2 is 1.79 bits per heavy atom. The van der Waals surface area contributed by atoms with Gasteiger partial charge >= 0.3 is 0 Å². The second-order valence-corrected chi connectivity index (χ2v) is 7.80. The number of benzene rings is 2. The van der Waals surface area contributed by atoms with Crippen molar-refractivity contribution in [3.8, 4) is 5.75 Å². The van der Waals surface area contributed by atoms with E-state index in [2.05, 4.69) is 35.2 Å². The van der Waals surface area contributed by atoms with E-state index in [9.17, 15) is 4.79 Å². The number of hydrogen-bond donors (Lipinski definition) is 0. The summed E-state index contributed by atoms with van der Waals surface area (Å²) in [6.07, 6.45) is 6.14. The molecule has 1 heterocycles. The van der Waals surface area contributed by atoms with Crippen molar-refractivity contribution in [3.63, 3.8) is 0 Å². The molecule has 1 saturated heterocycles. The van der Waals surface area contributed by atoms with E-state index in [-0.39, 0.29) is 5.37 Å². The van der Waals surface area contributed by atoms with Gasteiger partial charge in [-0.1, -0.05) is 37.5 Å². The van der Waals surface area contributed by atoms with Crippen LogP contribution in [0.5, 0.6) is 5.75 Å². The first-order valence-electron chi connectivity index (χ1n) is 8.77. The fraction of sp³-hybridized carbons (Fsp3) is 0.450. The zero-order chi connectivity index (χ0) is 16.5. The zero-order valence-corrected chi connectivity index (χ0v) is 14.8. The van der Waals surface area contributed by atoms with E-state index >= 15 is 0 Å². The summed E-state index contributed by atoms with van der Waals surface area (Å²) in [5.74, 6) is 1.80. The molecule has 1 aliphatic carbocycles. The standard InChI is InChI=1S/C20H23NO2S/c1-23-18-10-9-14-11-16(8-7-15(14)12-18)20-21(19(22)13-24-20)17-5-3-2-4-6-17/h7-12,17,20H,2-6,13H2,1H3/t20-/m0/s1. The maximum absolute atomic E-state index is 12.5. The number of hydrogen-bond acceptors (Lipinski definition) is 3. The average Bonchev–Trinajstić information content (AvgIpc) is 3.03. The highest BCUT2D eigenvalue weighted by molar-refractivity contribution is 8.00. The number of thioether (sulfide) groups is 1. The van der Waals surface area contributed by atoms with Crippen molar-refractivity contribution in [2.75, 3.05) is 12.9 Å². The van der Waals surface area contributed by atoms with Crippen LogP contribution in [-0.2, 0) is 4.79 Å². The first kappa shape index (κ1) is 15.8. The Hall–Kier alpha value is -1.68. The van der Waals surface area contributed by atoms with Crippen LogP contribution in [-0.4, -0.2) is 29.7 Å². The van der Waals surface area contributed by atoms with Gasteiger partial charge in [0.25, 0.3) is 0 Å². The molecule has 0 aromatic heterocycles. The summed E-state index contributed by atoms with van der Waals surface area (Å²) in [4.78, 5) is 14.7. The van der Waals surface area contributed by atoms with E-state index in [0.29, 0.717) is 17.7 Å². The van der Waals surface area contributed by atoms with Crippen LogP contribution in [0.1, 0.15) is 43.0 Å². The molecule has 1 saturated carbocycles. The molecule has 2 aromatic rings. The minimum Gasteiger partial charge on any atom is -0.497 e. The molecule has 0 bridgehead atoms. The van der Waals surface area contributed by atoms with Gasteiger partial charge in [0.05, 0.1) is 12.9 Å². The molecule has 1 amide bonds. The van der Waals surface area contributed by atoms with Crippen molar-refractivity contribution in [1.29, 1.82) is 0 Å². The van der Waals surface area contributed by atoms with Crippen LogP contribution in [0.2, 0.25) is 0 Å². The van der Waals surface area contributed by atoms with Crippen LogP contribution in [0.25, 0.3) is 10.8 Å². The SMILES string of the molecule is COc1ccc2cc([C@@H]3SCC(=O)N3C3CCCCC3)ccc2c1. The maximum Gasteiger partial charge on any atom is 0.234 e. The van der Waals surface area contributed by atoms with Crippen molar-refractivity contribution < 1.29 is 9.53 Å². The highest BCUT2D eigenvalue weighted by atomic mass is 32.2. The summed E-state index contributed by atoms with van der Waals surface area (Å²) in [6, 6.07) is 13.1. The van der Waals surface area contributed by atoms with Crippen LogP contribution in [0.3, 0.4) is 0 Å². The molecule has 24 heavy (non-hydrogen) atoms. The summed E-state index contributed by atoms with van der Waals surface area (Å²) in [6.45, 7) is 0. The van der Waals surface area contributed by atoms with Gasteiger partial charge in [-0.2, -0.15) is 0 Å². The summed E-state index contributed by atoms with van der Waals surface area (Å²) < 4.78 is 5.31. The first-order chi connectivity index (χ1) is 11.8. The highest BCUT2D eigenvalue weighted by Crippen LogP contribution is 2.43. The Balaban J connectivity index is 1.66. The van der Waals surface area contributed by atoms with Gasteiger partial charge < -0.3 is 9.64 Å². The van der Waals surface area contributed by atoms with Crippen LogP contribution in [0.15, 0.2) is 36.4 Å². The fourth-order valence-electron chi connectivity index (χ4n) is 3.97. The van der Waals surface area contributed by atoms with Gasteiger partial charge in [-0.3, -0.25) is 4.79 Å². The summed E-state index contributed by atoms with van der Waals surface area (Å²) in [5, 5.41) is 2.56. The van der Waals surface area contributed by atoms with Crippen LogP contribution < -0.4 is 4.74 Å². The Morgan fingerprint density at radius 3 is 2.58 bits per heavy atom. The van der Waals surface area contributed by atoms with Crippen LogP contribution >= 0.6 is 11.8 Å². The summed E-state index contributed by atoms with van der Waals surface area (Å²) >= 11 is 1.77. The number of carbonyl (C=O) groups excluding carboxylic acids is 1. The lowest BCUT2D eigenvalue weighted by Gasteiger charge is -2.35. The van der Waals surface area contributed by atoms with E-state index in [1.54, 1.807) is 18.9 Å². The second-order valence-electron chi connectivity index (χ2n) is 6.73. The Bertz CT molecular complexity index is 754. The zero-order valence-electron chi connectivity index (χ0n) is 14.0. The van der Waals surface area contributed by atoms with Gasteiger partial charge in [0.2, 0.25) is 5.91 Å². The van der Waals surface area contributed by atoms with Gasteiger partial charge in [-0.25, -0.2) is 0 Å². The number of carbonyl (C=O) groups is 1. The normalized spacial score (nSPS) is 22.3. The number of nitrogens with zero attached hydrogens (tertiary/aromatic N) is 1. The lowest BCUT2D eigenvalue weighted by molar-refractivity contribution is -0.131. The third-order valence-electron chi connectivity index (χ3n) is 5.23. The average molecular weight is 341 g/mol. The lowest BCUT2D eigenvalue weighted by Crippen LogP contribution is -2.39. The molecule has 0 unspecified atom stereocenters. The monoisotopic (exact) mass is 341 g/mol. The van der Waals surface area contributed by atoms with Gasteiger partial charge in [0.1, 0.15) is 11.1 Å². The Labute approximate surface area is 147 Å². The molecule has 4 heteroatoms. The predicted octanol–water partition coefficient (Wildman–Crippen LogP) is 4.76. The third-order valence-corrected chi connectivity index (χ3v) is 6.46. The molecule has 3 nitrogen and oxygen atoms in total. The van der Waals surface area contributed by atoms with E-state index in [0.717, 1.165) is 18.6 Å². The molecule has 0 spiro atoms. The predicted molar refractivity (Wildman–Crippen MR) is 99.4 cm³/mol. The second kappa shape index (κ2) is 6.67. The van der Waals surface area contributed by atoms with Gasteiger partial charge in [0.15, 0.2) is 0 Å². The number of rotatable bonds is 3. The summed E-state index contributed by atoms with van der Waals surface area (Å²) in [5.41, 5.74) is 1.24. The number of fused-ring (bicyclic) bond motifs is 1. The van der Waals surface area contributed by atoms with Gasteiger partial charge in [-0.15, -0.1) is 11.8 Å². The lowest BCUT2D eigenvalue weighted by atomic mass is 9.93. The first-order valence-corrected chi connectivity index (χ1v) is 9.81. The molecule has 2 fully saturated rings. The van der Waals surface area contributed by atoms with Crippen molar-refractivity contribution in [1.82, 2.24) is 4.90 Å². The van der Waals surface area contributed by atoms with Crippen molar-refractivity contribution >= 4 is 28.4 Å². The topological polar surface area (TPSA) is 29.5 Å². The Kier molecular flexibility index (Phi) is 4.40. The van der Waals surface area contributed by atoms with E-state index < -0.39 is 0 Å². The molecule has 1 aliphatic heterocycles. The molecule has 2 aliphatic rings. The maximum atomic E-state index is 12.5. The van der Waals surface area contributed by atoms with E-state index in [4.69, 9.17) is 4.74 Å².